The summed E-state index contributed by atoms with van der Waals surface area (Å²) in [7, 11) is 3.08. The first kappa shape index (κ1) is 20.0. The lowest BCUT2D eigenvalue weighted by molar-refractivity contribution is -0.0193. The van der Waals surface area contributed by atoms with E-state index in [1.54, 1.807) is 49.7 Å². The average molecular weight is 408 g/mol. The van der Waals surface area contributed by atoms with Crippen LogP contribution in [-0.2, 0) is 0 Å². The van der Waals surface area contributed by atoms with Gasteiger partial charge in [-0.2, -0.15) is 0 Å². The van der Waals surface area contributed by atoms with Crippen molar-refractivity contribution in [2.75, 3.05) is 27.3 Å². The van der Waals surface area contributed by atoms with E-state index in [1.165, 1.54) is 0 Å². The van der Waals surface area contributed by atoms with Crippen molar-refractivity contribution in [1.29, 1.82) is 0 Å². The Morgan fingerprint density at radius 3 is 2.60 bits per heavy atom. The number of likely N-dealkylation sites (tertiary alicyclic amines) is 1. The number of hydrogen-bond acceptors (Lipinski definition) is 6. The number of nitrogens with zero attached hydrogens (tertiary/aromatic N) is 2. The zero-order valence-corrected chi connectivity index (χ0v) is 16.9. The smallest absolute Gasteiger partial charge is 0.254 e. The standard InChI is InChI=1S/C23H24N2O5/c1-28-17-10-16(11-18(12-17)29-2)23(27)25-9-7-22(20(26)14-25)30-21-5-3-4-15-13-24-8-6-19(15)21/h3-6,8,10-13,20,22,26H,7,9,14H2,1-2H3/t20-,22-/m1/s1. The molecule has 1 amide bonds. The first-order chi connectivity index (χ1) is 14.6. The highest BCUT2D eigenvalue weighted by atomic mass is 16.5. The fourth-order valence-electron chi connectivity index (χ4n) is 3.70. The number of amides is 1. The molecule has 0 saturated carbocycles. The summed E-state index contributed by atoms with van der Waals surface area (Å²) in [4.78, 5) is 18.7. The normalized spacial score (nSPS) is 18.8. The summed E-state index contributed by atoms with van der Waals surface area (Å²) in [6.07, 6.45) is 2.83. The number of piperidine rings is 1. The molecule has 2 atom stereocenters. The molecule has 0 bridgehead atoms. The summed E-state index contributed by atoms with van der Waals surface area (Å²) in [5, 5.41) is 12.6. The minimum absolute atomic E-state index is 0.180. The van der Waals surface area contributed by atoms with Crippen molar-refractivity contribution < 1.29 is 24.1 Å². The molecule has 1 saturated heterocycles. The molecule has 1 N–H and O–H groups in total. The van der Waals surface area contributed by atoms with Crippen LogP contribution in [0.4, 0.5) is 0 Å². The molecule has 156 valence electrons. The molecule has 3 aromatic rings. The number of fused-ring (bicyclic) bond motifs is 1. The van der Waals surface area contributed by atoms with Gasteiger partial charge in [-0.15, -0.1) is 0 Å². The van der Waals surface area contributed by atoms with Crippen LogP contribution in [0.15, 0.2) is 54.9 Å². The second-order valence-electron chi connectivity index (χ2n) is 7.22. The van der Waals surface area contributed by atoms with Crippen LogP contribution in [0.1, 0.15) is 16.8 Å². The Balaban J connectivity index is 1.47. The van der Waals surface area contributed by atoms with Crippen LogP contribution in [0, 0.1) is 0 Å². The number of hydrogen-bond donors (Lipinski definition) is 1. The molecule has 30 heavy (non-hydrogen) atoms. The number of ether oxygens (including phenoxy) is 3. The number of aromatic nitrogens is 1. The van der Waals surface area contributed by atoms with Gasteiger partial charge in [-0.3, -0.25) is 9.78 Å². The van der Waals surface area contributed by atoms with E-state index in [-0.39, 0.29) is 12.5 Å². The zero-order valence-electron chi connectivity index (χ0n) is 16.9. The molecule has 2 heterocycles. The predicted molar refractivity (Wildman–Crippen MR) is 112 cm³/mol. The van der Waals surface area contributed by atoms with E-state index in [0.29, 0.717) is 35.8 Å². The Hall–Kier alpha value is -3.32. The fraction of sp³-hybridized carbons (Fsp3) is 0.304. The molecule has 0 spiro atoms. The van der Waals surface area contributed by atoms with Gasteiger partial charge >= 0.3 is 0 Å². The molecule has 4 rings (SSSR count). The molecular weight excluding hydrogens is 384 g/mol. The molecule has 7 nitrogen and oxygen atoms in total. The third-order valence-electron chi connectivity index (χ3n) is 5.32. The maximum absolute atomic E-state index is 13.0. The monoisotopic (exact) mass is 408 g/mol. The van der Waals surface area contributed by atoms with E-state index in [1.807, 2.05) is 24.3 Å². The van der Waals surface area contributed by atoms with Crippen LogP contribution >= 0.6 is 0 Å². The first-order valence-corrected chi connectivity index (χ1v) is 9.79. The minimum atomic E-state index is -0.799. The minimum Gasteiger partial charge on any atom is -0.497 e. The number of carbonyl (C=O) groups is 1. The molecule has 1 fully saturated rings. The summed E-state index contributed by atoms with van der Waals surface area (Å²) >= 11 is 0. The van der Waals surface area contributed by atoms with Crippen molar-refractivity contribution in [2.45, 2.75) is 18.6 Å². The lowest BCUT2D eigenvalue weighted by Crippen LogP contribution is -2.51. The third kappa shape index (κ3) is 4.02. The summed E-state index contributed by atoms with van der Waals surface area (Å²) in [5.41, 5.74) is 0.458. The predicted octanol–water partition coefficient (Wildman–Crippen LogP) is 2.91. The molecule has 0 unspecified atom stereocenters. The highest BCUT2D eigenvalue weighted by molar-refractivity contribution is 5.95. The number of aliphatic hydroxyl groups is 1. The number of pyridine rings is 1. The van der Waals surface area contributed by atoms with Crippen LogP contribution in [0.25, 0.3) is 10.8 Å². The number of carbonyl (C=O) groups excluding carboxylic acids is 1. The Morgan fingerprint density at radius 2 is 1.90 bits per heavy atom. The summed E-state index contributed by atoms with van der Waals surface area (Å²) < 4.78 is 16.6. The molecule has 0 aliphatic carbocycles. The fourth-order valence-corrected chi connectivity index (χ4v) is 3.70. The second-order valence-corrected chi connectivity index (χ2v) is 7.22. The van der Waals surface area contributed by atoms with E-state index in [9.17, 15) is 9.90 Å². The lowest BCUT2D eigenvalue weighted by Gasteiger charge is -2.36. The van der Waals surface area contributed by atoms with E-state index in [4.69, 9.17) is 14.2 Å². The van der Waals surface area contributed by atoms with Crippen LogP contribution in [0.5, 0.6) is 17.2 Å². The summed E-state index contributed by atoms with van der Waals surface area (Å²) in [6, 6.07) is 12.7. The molecular formula is C23H24N2O5. The number of rotatable bonds is 5. The molecule has 0 radical (unpaired) electrons. The highest BCUT2D eigenvalue weighted by Gasteiger charge is 2.32. The Morgan fingerprint density at radius 1 is 1.13 bits per heavy atom. The Labute approximate surface area is 174 Å². The van der Waals surface area contributed by atoms with Gasteiger partial charge in [-0.25, -0.2) is 0 Å². The van der Waals surface area contributed by atoms with Gasteiger partial charge in [0.25, 0.3) is 5.91 Å². The Kier molecular flexibility index (Phi) is 5.72. The van der Waals surface area contributed by atoms with Gasteiger partial charge in [-0.1, -0.05) is 12.1 Å². The van der Waals surface area contributed by atoms with Gasteiger partial charge in [-0.05, 0) is 24.3 Å². The molecule has 7 heteroatoms. The van der Waals surface area contributed by atoms with Gasteiger partial charge in [0.1, 0.15) is 29.5 Å². The van der Waals surface area contributed by atoms with E-state index >= 15 is 0 Å². The number of β-amino-alcohol motifs (C(OH)–C–C–N with tert-alkyl or cyclic N) is 1. The van der Waals surface area contributed by atoms with E-state index < -0.39 is 12.2 Å². The molecule has 1 aliphatic rings. The molecule has 2 aromatic carbocycles. The maximum atomic E-state index is 13.0. The third-order valence-corrected chi connectivity index (χ3v) is 5.32. The van der Waals surface area contributed by atoms with Gasteiger partial charge < -0.3 is 24.2 Å². The maximum Gasteiger partial charge on any atom is 0.254 e. The van der Waals surface area contributed by atoms with E-state index in [0.717, 1.165) is 10.8 Å². The number of aliphatic hydroxyl groups excluding tert-OH is 1. The zero-order chi connectivity index (χ0) is 21.1. The number of methoxy groups -OCH3 is 2. The van der Waals surface area contributed by atoms with Gasteiger partial charge in [0.15, 0.2) is 0 Å². The largest absolute Gasteiger partial charge is 0.497 e. The molecule has 1 aromatic heterocycles. The second kappa shape index (κ2) is 8.59. The SMILES string of the molecule is COc1cc(OC)cc(C(=O)N2CC[C@@H](Oc3cccc4cnccc34)[C@H](O)C2)c1. The van der Waals surface area contributed by atoms with Crippen molar-refractivity contribution in [1.82, 2.24) is 9.88 Å². The van der Waals surface area contributed by atoms with Crippen molar-refractivity contribution in [3.63, 3.8) is 0 Å². The van der Waals surface area contributed by atoms with Crippen LogP contribution in [0.3, 0.4) is 0 Å². The van der Waals surface area contributed by atoms with Gasteiger partial charge in [0, 0.05) is 47.8 Å². The summed E-state index contributed by atoms with van der Waals surface area (Å²) in [6.45, 7) is 0.668. The van der Waals surface area contributed by atoms with Crippen LogP contribution in [0.2, 0.25) is 0 Å². The molecule has 1 aliphatic heterocycles. The van der Waals surface area contributed by atoms with Gasteiger partial charge in [0.2, 0.25) is 0 Å². The van der Waals surface area contributed by atoms with Crippen molar-refractivity contribution in [2.24, 2.45) is 0 Å². The number of benzene rings is 2. The van der Waals surface area contributed by atoms with Crippen LogP contribution in [-0.4, -0.2) is 60.4 Å². The average Bonchev–Trinajstić information content (AvgIpc) is 2.79. The van der Waals surface area contributed by atoms with Crippen molar-refractivity contribution in [3.8, 4) is 17.2 Å². The van der Waals surface area contributed by atoms with E-state index in [2.05, 4.69) is 4.98 Å². The first-order valence-electron chi connectivity index (χ1n) is 9.79. The van der Waals surface area contributed by atoms with Crippen molar-refractivity contribution >= 4 is 16.7 Å². The highest BCUT2D eigenvalue weighted by Crippen LogP contribution is 2.29. The topological polar surface area (TPSA) is 81.1 Å². The van der Waals surface area contributed by atoms with Crippen LogP contribution < -0.4 is 14.2 Å². The Bertz CT molecular complexity index is 1030. The summed E-state index contributed by atoms with van der Waals surface area (Å²) in [5.74, 6) is 1.61. The quantitative estimate of drug-likeness (QED) is 0.699. The van der Waals surface area contributed by atoms with Crippen molar-refractivity contribution in [3.05, 3.63) is 60.4 Å². The lowest BCUT2D eigenvalue weighted by atomic mass is 10.0. The van der Waals surface area contributed by atoms with Gasteiger partial charge in [0.05, 0.1) is 20.8 Å².